The molecule has 0 spiro atoms. The van der Waals surface area contributed by atoms with Gasteiger partial charge in [-0.1, -0.05) is 6.07 Å². The maximum absolute atomic E-state index is 13.1. The third-order valence-corrected chi connectivity index (χ3v) is 6.96. The van der Waals surface area contributed by atoms with Crippen molar-refractivity contribution in [3.8, 4) is 0 Å². The Bertz CT molecular complexity index is 925. The van der Waals surface area contributed by atoms with Gasteiger partial charge in [-0.3, -0.25) is 14.5 Å². The first-order chi connectivity index (χ1) is 14.7. The standard InChI is InChI=1S/C23H31N5O2/c29-21-7-5-12-27(21)16-18-8-14-25(15-9-18)17-19-22(23(30)26-10-3-4-11-26)24-20-6-1-2-13-28(19)20/h1-2,6,13,18H,3-5,7-12,14-17H2. The van der Waals surface area contributed by atoms with Gasteiger partial charge in [-0.05, 0) is 63.2 Å². The van der Waals surface area contributed by atoms with Crippen LogP contribution in [0.1, 0.15) is 54.7 Å². The van der Waals surface area contributed by atoms with Gasteiger partial charge >= 0.3 is 0 Å². The number of rotatable bonds is 5. The Kier molecular flexibility index (Phi) is 5.46. The highest BCUT2D eigenvalue weighted by atomic mass is 16.2. The third-order valence-electron chi connectivity index (χ3n) is 6.96. The number of pyridine rings is 1. The molecule has 0 unspecified atom stereocenters. The quantitative estimate of drug-likeness (QED) is 0.761. The van der Waals surface area contributed by atoms with E-state index >= 15 is 0 Å². The molecule has 0 radical (unpaired) electrons. The van der Waals surface area contributed by atoms with Crippen LogP contribution in [0.5, 0.6) is 0 Å². The maximum Gasteiger partial charge on any atom is 0.274 e. The molecule has 160 valence electrons. The van der Waals surface area contributed by atoms with Crippen molar-refractivity contribution < 1.29 is 9.59 Å². The number of aromatic nitrogens is 2. The second kappa shape index (κ2) is 8.38. The van der Waals surface area contributed by atoms with Gasteiger partial charge in [0.25, 0.3) is 5.91 Å². The van der Waals surface area contributed by atoms with E-state index in [-0.39, 0.29) is 5.91 Å². The zero-order valence-electron chi connectivity index (χ0n) is 17.6. The monoisotopic (exact) mass is 409 g/mol. The molecule has 2 aromatic heterocycles. The summed E-state index contributed by atoms with van der Waals surface area (Å²) in [7, 11) is 0. The minimum absolute atomic E-state index is 0.0774. The lowest BCUT2D eigenvalue weighted by Crippen LogP contribution is -2.39. The summed E-state index contributed by atoms with van der Waals surface area (Å²) in [6.07, 6.45) is 8.14. The molecule has 0 atom stereocenters. The van der Waals surface area contributed by atoms with Crippen molar-refractivity contribution >= 4 is 17.5 Å². The Hall–Kier alpha value is -2.41. The van der Waals surface area contributed by atoms with Gasteiger partial charge in [-0.2, -0.15) is 0 Å². The number of piperidine rings is 1. The van der Waals surface area contributed by atoms with E-state index in [0.29, 0.717) is 17.5 Å². The molecule has 3 saturated heterocycles. The average molecular weight is 410 g/mol. The van der Waals surface area contributed by atoms with Crippen LogP contribution >= 0.6 is 0 Å². The van der Waals surface area contributed by atoms with Crippen LogP contribution in [0.25, 0.3) is 5.65 Å². The van der Waals surface area contributed by atoms with E-state index in [1.807, 2.05) is 29.3 Å². The molecule has 2 amide bonds. The molecule has 0 aliphatic carbocycles. The van der Waals surface area contributed by atoms with Gasteiger partial charge in [0.1, 0.15) is 5.65 Å². The Labute approximate surface area is 177 Å². The van der Waals surface area contributed by atoms with Gasteiger partial charge in [0, 0.05) is 45.3 Å². The third kappa shape index (κ3) is 3.83. The van der Waals surface area contributed by atoms with Gasteiger partial charge < -0.3 is 14.2 Å². The predicted octanol–water partition coefficient (Wildman–Crippen LogP) is 2.40. The molecule has 3 fully saturated rings. The summed E-state index contributed by atoms with van der Waals surface area (Å²) in [6.45, 7) is 6.28. The molecule has 5 rings (SSSR count). The number of carbonyl (C=O) groups is 2. The normalized spacial score (nSPS) is 21.3. The summed E-state index contributed by atoms with van der Waals surface area (Å²) in [5.74, 6) is 0.998. The van der Waals surface area contributed by atoms with Crippen LogP contribution in [0.15, 0.2) is 24.4 Å². The van der Waals surface area contributed by atoms with E-state index in [4.69, 9.17) is 4.98 Å². The summed E-state index contributed by atoms with van der Waals surface area (Å²) in [6, 6.07) is 5.95. The van der Waals surface area contributed by atoms with Crippen LogP contribution < -0.4 is 0 Å². The minimum Gasteiger partial charge on any atom is -0.342 e. The molecule has 0 bridgehead atoms. The lowest BCUT2D eigenvalue weighted by atomic mass is 9.96. The van der Waals surface area contributed by atoms with Crippen LogP contribution in [0.3, 0.4) is 0 Å². The van der Waals surface area contributed by atoms with Crippen molar-refractivity contribution in [1.29, 1.82) is 0 Å². The molecule has 3 aliphatic heterocycles. The summed E-state index contributed by atoms with van der Waals surface area (Å²) in [5, 5.41) is 0. The lowest BCUT2D eigenvalue weighted by Gasteiger charge is -2.33. The molecule has 30 heavy (non-hydrogen) atoms. The first-order valence-electron chi connectivity index (χ1n) is 11.4. The fourth-order valence-electron chi connectivity index (χ4n) is 5.19. The highest BCUT2D eigenvalue weighted by molar-refractivity contribution is 5.94. The van der Waals surface area contributed by atoms with Gasteiger partial charge in [0.05, 0.1) is 5.69 Å². The Morgan fingerprint density at radius 3 is 2.57 bits per heavy atom. The van der Waals surface area contributed by atoms with Crippen LogP contribution in [-0.4, -0.2) is 75.2 Å². The number of likely N-dealkylation sites (tertiary alicyclic amines) is 3. The van der Waals surface area contributed by atoms with Crippen molar-refractivity contribution in [2.75, 3.05) is 39.3 Å². The number of imidazole rings is 1. The Morgan fingerprint density at radius 2 is 1.83 bits per heavy atom. The number of fused-ring (bicyclic) bond motifs is 1. The number of hydrogen-bond donors (Lipinski definition) is 0. The Balaban J connectivity index is 1.29. The molecule has 2 aromatic rings. The van der Waals surface area contributed by atoms with Crippen LogP contribution in [-0.2, 0) is 11.3 Å². The van der Waals surface area contributed by atoms with Crippen molar-refractivity contribution in [2.45, 2.75) is 45.1 Å². The molecule has 7 nitrogen and oxygen atoms in total. The Morgan fingerprint density at radius 1 is 1.03 bits per heavy atom. The number of nitrogens with zero attached hydrogens (tertiary/aromatic N) is 5. The number of hydrogen-bond acceptors (Lipinski definition) is 4. The van der Waals surface area contributed by atoms with Gasteiger partial charge in [-0.25, -0.2) is 4.98 Å². The predicted molar refractivity (Wildman–Crippen MR) is 114 cm³/mol. The van der Waals surface area contributed by atoms with Gasteiger partial charge in [-0.15, -0.1) is 0 Å². The summed E-state index contributed by atoms with van der Waals surface area (Å²) >= 11 is 0. The number of amides is 2. The topological polar surface area (TPSA) is 61.2 Å². The molecule has 5 heterocycles. The zero-order chi connectivity index (χ0) is 20.5. The molecule has 7 heteroatoms. The van der Waals surface area contributed by atoms with Gasteiger partial charge in [0.15, 0.2) is 5.69 Å². The van der Waals surface area contributed by atoms with Crippen LogP contribution in [0, 0.1) is 5.92 Å². The first-order valence-corrected chi connectivity index (χ1v) is 11.4. The fourth-order valence-corrected chi connectivity index (χ4v) is 5.19. The van der Waals surface area contributed by atoms with Crippen LogP contribution in [0.4, 0.5) is 0 Å². The van der Waals surface area contributed by atoms with Crippen LogP contribution in [0.2, 0.25) is 0 Å². The van der Waals surface area contributed by atoms with E-state index in [9.17, 15) is 9.59 Å². The van der Waals surface area contributed by atoms with E-state index in [0.717, 1.165) is 95.7 Å². The van der Waals surface area contributed by atoms with Crippen molar-refractivity contribution in [2.24, 2.45) is 5.92 Å². The summed E-state index contributed by atoms with van der Waals surface area (Å²) in [4.78, 5) is 36.2. The summed E-state index contributed by atoms with van der Waals surface area (Å²) < 4.78 is 2.08. The summed E-state index contributed by atoms with van der Waals surface area (Å²) in [5.41, 5.74) is 2.47. The largest absolute Gasteiger partial charge is 0.342 e. The van der Waals surface area contributed by atoms with E-state index in [2.05, 4.69) is 14.2 Å². The lowest BCUT2D eigenvalue weighted by molar-refractivity contribution is -0.128. The van der Waals surface area contributed by atoms with Crippen molar-refractivity contribution in [3.63, 3.8) is 0 Å². The fraction of sp³-hybridized carbons (Fsp3) is 0.609. The zero-order valence-corrected chi connectivity index (χ0v) is 17.6. The first kappa shape index (κ1) is 19.5. The highest BCUT2D eigenvalue weighted by Gasteiger charge is 2.29. The maximum atomic E-state index is 13.1. The molecule has 0 aromatic carbocycles. The SMILES string of the molecule is O=C1CCCN1CC1CCN(Cc2c(C(=O)N3CCCC3)nc3ccccn23)CC1. The number of carbonyl (C=O) groups excluding carboxylic acids is 2. The average Bonchev–Trinajstić information content (AvgIpc) is 3.51. The van der Waals surface area contributed by atoms with E-state index in [1.165, 1.54) is 0 Å². The smallest absolute Gasteiger partial charge is 0.274 e. The molecule has 3 aliphatic rings. The second-order valence-corrected chi connectivity index (χ2v) is 9.00. The van der Waals surface area contributed by atoms with Crippen molar-refractivity contribution in [1.82, 2.24) is 24.1 Å². The molecule has 0 N–H and O–H groups in total. The van der Waals surface area contributed by atoms with E-state index in [1.54, 1.807) is 0 Å². The van der Waals surface area contributed by atoms with Crippen molar-refractivity contribution in [3.05, 3.63) is 35.8 Å². The molecule has 0 saturated carbocycles. The highest BCUT2D eigenvalue weighted by Crippen LogP contribution is 2.24. The second-order valence-electron chi connectivity index (χ2n) is 9.00. The van der Waals surface area contributed by atoms with E-state index < -0.39 is 0 Å². The molecular weight excluding hydrogens is 378 g/mol. The minimum atomic E-state index is 0.0774. The van der Waals surface area contributed by atoms with Gasteiger partial charge in [0.2, 0.25) is 5.91 Å². The molecular formula is C23H31N5O2.